The average Bonchev–Trinajstić information content (AvgIpc) is 3.07. The summed E-state index contributed by atoms with van der Waals surface area (Å²) in [6, 6.07) is 3.94. The number of rotatable bonds is 5. The lowest BCUT2D eigenvalue weighted by Crippen LogP contribution is -2.66. The van der Waals surface area contributed by atoms with E-state index in [9.17, 15) is 4.79 Å². The van der Waals surface area contributed by atoms with Gasteiger partial charge in [-0.2, -0.15) is 5.10 Å². The van der Waals surface area contributed by atoms with E-state index >= 15 is 0 Å². The van der Waals surface area contributed by atoms with Crippen LogP contribution in [0.3, 0.4) is 0 Å². The second kappa shape index (κ2) is 7.03. The van der Waals surface area contributed by atoms with Crippen molar-refractivity contribution in [2.45, 2.75) is 24.9 Å². The molecule has 0 aromatic carbocycles. The molecule has 0 unspecified atom stereocenters. The van der Waals surface area contributed by atoms with Gasteiger partial charge in [0.1, 0.15) is 11.3 Å². The maximum Gasteiger partial charge on any atom is 0.316 e. The van der Waals surface area contributed by atoms with Crippen LogP contribution in [-0.4, -0.2) is 62.5 Å². The lowest BCUT2D eigenvalue weighted by Gasteiger charge is -2.53. The highest BCUT2D eigenvalue weighted by molar-refractivity contribution is 5.93. The molecule has 1 amide bonds. The van der Waals surface area contributed by atoms with Gasteiger partial charge in [-0.1, -0.05) is 0 Å². The maximum absolute atomic E-state index is 12.4. The normalized spacial score (nSPS) is 21.4. The molecule has 0 N–H and O–H groups in total. The molecule has 1 atom stereocenters. The number of carbonyl (C=O) groups is 1. The van der Waals surface area contributed by atoms with Crippen LogP contribution in [0.2, 0.25) is 0 Å². The van der Waals surface area contributed by atoms with E-state index in [1.807, 2.05) is 11.9 Å². The summed E-state index contributed by atoms with van der Waals surface area (Å²) in [6.07, 6.45) is 8.05. The predicted octanol–water partition coefficient (Wildman–Crippen LogP) is 1.30. The molecule has 2 aromatic rings. The largest absolute Gasteiger partial charge is 0.463 e. The summed E-state index contributed by atoms with van der Waals surface area (Å²) in [5, 5.41) is 4.19. The van der Waals surface area contributed by atoms with E-state index in [1.165, 1.54) is 0 Å². The van der Waals surface area contributed by atoms with Crippen LogP contribution in [-0.2, 0) is 11.8 Å². The molecule has 2 fully saturated rings. The number of ether oxygens (including phenoxy) is 2. The third-order valence-electron chi connectivity index (χ3n) is 5.07. The summed E-state index contributed by atoms with van der Waals surface area (Å²) >= 11 is 0. The molecule has 8 heteroatoms. The summed E-state index contributed by atoms with van der Waals surface area (Å²) in [5.74, 6) is 0.506. The van der Waals surface area contributed by atoms with Gasteiger partial charge in [-0.15, -0.1) is 0 Å². The van der Waals surface area contributed by atoms with E-state index in [4.69, 9.17) is 9.47 Å². The highest BCUT2D eigenvalue weighted by atomic mass is 16.5. The molecule has 8 nitrogen and oxygen atoms in total. The minimum absolute atomic E-state index is 0.0218. The highest BCUT2D eigenvalue weighted by Crippen LogP contribution is 2.38. The number of hydrogen-bond donors (Lipinski definition) is 0. The fraction of sp³-hybridized carbons (Fsp3) is 0.556. The Morgan fingerprint density at radius 2 is 2.19 bits per heavy atom. The van der Waals surface area contributed by atoms with Crippen molar-refractivity contribution < 1.29 is 14.3 Å². The zero-order valence-corrected chi connectivity index (χ0v) is 14.9. The van der Waals surface area contributed by atoms with E-state index < -0.39 is 0 Å². The van der Waals surface area contributed by atoms with Crippen LogP contribution < -0.4 is 4.74 Å². The van der Waals surface area contributed by atoms with Gasteiger partial charge in [0.05, 0.1) is 19.7 Å². The summed E-state index contributed by atoms with van der Waals surface area (Å²) in [5.41, 5.74) is 0.294. The van der Waals surface area contributed by atoms with Gasteiger partial charge in [-0.3, -0.25) is 9.48 Å². The monoisotopic (exact) mass is 357 g/mol. The molecule has 2 aromatic heterocycles. The smallest absolute Gasteiger partial charge is 0.316 e. The van der Waals surface area contributed by atoms with Gasteiger partial charge >= 0.3 is 6.01 Å². The molecule has 2 aliphatic rings. The van der Waals surface area contributed by atoms with Crippen molar-refractivity contribution in [2.75, 3.05) is 26.3 Å². The molecule has 2 aliphatic heterocycles. The number of likely N-dealkylation sites (tertiary alicyclic amines) is 1. The molecule has 0 aliphatic carbocycles. The van der Waals surface area contributed by atoms with Crippen LogP contribution in [0.5, 0.6) is 6.01 Å². The molecule has 138 valence electrons. The Kier molecular flexibility index (Phi) is 4.58. The van der Waals surface area contributed by atoms with Crippen molar-refractivity contribution in [3.63, 3.8) is 0 Å². The molecule has 4 heterocycles. The van der Waals surface area contributed by atoms with Gasteiger partial charge in [0.2, 0.25) is 0 Å². The number of aryl methyl sites for hydroxylation is 1. The standard InChI is InChI=1S/C18H23N5O3/c1-22-8-3-15(21-22)16(24)23-12-18(13-23)11-14(5-10-26-18)4-9-25-17-19-6-2-7-20-17/h2-3,6-8,14H,4-5,9-13H2,1H3/t14-/m1/s1. The Bertz CT molecular complexity index is 757. The fourth-order valence-corrected chi connectivity index (χ4v) is 3.76. The SMILES string of the molecule is Cn1ccc(C(=O)N2CC3(C[C@H](CCOc4ncccn4)CCO3)C2)n1. The first-order chi connectivity index (χ1) is 12.6. The number of carbonyl (C=O) groups excluding carboxylic acids is 1. The van der Waals surface area contributed by atoms with Crippen molar-refractivity contribution in [3.05, 3.63) is 36.4 Å². The number of amides is 1. The van der Waals surface area contributed by atoms with Gasteiger partial charge in [-0.05, 0) is 37.3 Å². The lowest BCUT2D eigenvalue weighted by molar-refractivity contribution is -0.167. The van der Waals surface area contributed by atoms with E-state index in [0.29, 0.717) is 37.3 Å². The van der Waals surface area contributed by atoms with Gasteiger partial charge in [0.25, 0.3) is 5.91 Å². The maximum atomic E-state index is 12.4. The van der Waals surface area contributed by atoms with Crippen LogP contribution in [0, 0.1) is 5.92 Å². The van der Waals surface area contributed by atoms with E-state index in [-0.39, 0.29) is 11.5 Å². The van der Waals surface area contributed by atoms with Gasteiger partial charge in [-0.25, -0.2) is 9.97 Å². The molecular weight excluding hydrogens is 334 g/mol. The molecule has 1 spiro atoms. The van der Waals surface area contributed by atoms with Crippen LogP contribution in [0.25, 0.3) is 0 Å². The van der Waals surface area contributed by atoms with Crippen molar-refractivity contribution in [1.29, 1.82) is 0 Å². The third kappa shape index (κ3) is 3.55. The minimum Gasteiger partial charge on any atom is -0.463 e. The predicted molar refractivity (Wildman–Crippen MR) is 92.7 cm³/mol. The van der Waals surface area contributed by atoms with E-state index in [1.54, 1.807) is 35.4 Å². The van der Waals surface area contributed by atoms with Crippen LogP contribution >= 0.6 is 0 Å². The quantitative estimate of drug-likeness (QED) is 0.802. The second-order valence-corrected chi connectivity index (χ2v) is 7.09. The first kappa shape index (κ1) is 17.0. The van der Waals surface area contributed by atoms with Gasteiger partial charge in [0.15, 0.2) is 0 Å². The average molecular weight is 357 g/mol. The zero-order chi connectivity index (χ0) is 18.0. The molecule has 0 saturated carbocycles. The van der Waals surface area contributed by atoms with Crippen molar-refractivity contribution in [2.24, 2.45) is 13.0 Å². The van der Waals surface area contributed by atoms with Crippen LogP contribution in [0.4, 0.5) is 0 Å². The van der Waals surface area contributed by atoms with Gasteiger partial charge in [0, 0.05) is 32.2 Å². The minimum atomic E-state index is -0.198. The fourth-order valence-electron chi connectivity index (χ4n) is 3.76. The Morgan fingerprint density at radius 1 is 1.38 bits per heavy atom. The van der Waals surface area contributed by atoms with E-state index in [2.05, 4.69) is 15.1 Å². The van der Waals surface area contributed by atoms with Gasteiger partial charge < -0.3 is 14.4 Å². The van der Waals surface area contributed by atoms with Crippen LogP contribution in [0.15, 0.2) is 30.7 Å². The highest BCUT2D eigenvalue weighted by Gasteiger charge is 2.49. The summed E-state index contributed by atoms with van der Waals surface area (Å²) in [4.78, 5) is 22.4. The molecular formula is C18H23N5O3. The molecule has 0 radical (unpaired) electrons. The van der Waals surface area contributed by atoms with Crippen molar-refractivity contribution in [3.8, 4) is 6.01 Å². The molecule has 0 bridgehead atoms. The Hall–Kier alpha value is -2.48. The third-order valence-corrected chi connectivity index (χ3v) is 5.07. The van der Waals surface area contributed by atoms with Crippen molar-refractivity contribution in [1.82, 2.24) is 24.6 Å². The van der Waals surface area contributed by atoms with Crippen LogP contribution in [0.1, 0.15) is 29.8 Å². The second-order valence-electron chi connectivity index (χ2n) is 7.09. The first-order valence-electron chi connectivity index (χ1n) is 8.96. The topological polar surface area (TPSA) is 82.4 Å². The summed E-state index contributed by atoms with van der Waals surface area (Å²) < 4.78 is 13.3. The summed E-state index contributed by atoms with van der Waals surface area (Å²) in [7, 11) is 1.81. The van der Waals surface area contributed by atoms with Crippen molar-refractivity contribution >= 4 is 5.91 Å². The Labute approximate surface area is 152 Å². The molecule has 2 saturated heterocycles. The number of hydrogen-bond acceptors (Lipinski definition) is 6. The summed E-state index contributed by atoms with van der Waals surface area (Å²) in [6.45, 7) is 2.61. The molecule has 4 rings (SSSR count). The van der Waals surface area contributed by atoms with E-state index in [0.717, 1.165) is 25.9 Å². The lowest BCUT2D eigenvalue weighted by atomic mass is 9.79. The Morgan fingerprint density at radius 3 is 2.92 bits per heavy atom. The first-order valence-corrected chi connectivity index (χ1v) is 8.96. The zero-order valence-electron chi connectivity index (χ0n) is 14.9. The molecule has 26 heavy (non-hydrogen) atoms. The number of aromatic nitrogens is 4. The Balaban J connectivity index is 1.26. The number of nitrogens with zero attached hydrogens (tertiary/aromatic N) is 5.